The summed E-state index contributed by atoms with van der Waals surface area (Å²) >= 11 is 0. The maximum Gasteiger partial charge on any atom is 0.409 e. The second kappa shape index (κ2) is 7.11. The van der Waals surface area contributed by atoms with Gasteiger partial charge in [-0.3, -0.25) is 5.32 Å². The van der Waals surface area contributed by atoms with Crippen molar-refractivity contribution >= 4 is 6.09 Å². The summed E-state index contributed by atoms with van der Waals surface area (Å²) in [6.07, 6.45) is 4.47. The average molecular weight is 301 g/mol. The molecule has 1 N–H and O–H groups in total. The molecule has 0 radical (unpaired) electrons. The van der Waals surface area contributed by atoms with Gasteiger partial charge in [0.2, 0.25) is 0 Å². The molecule has 1 aromatic heterocycles. The molecule has 5 heteroatoms. The fourth-order valence-electron chi connectivity index (χ4n) is 2.13. The van der Waals surface area contributed by atoms with Gasteiger partial charge in [-0.25, -0.2) is 9.48 Å². The fraction of sp³-hybridized carbons (Fsp3) is 0.412. The second-order valence-electron chi connectivity index (χ2n) is 6.17. The van der Waals surface area contributed by atoms with Crippen LogP contribution in [-0.2, 0) is 11.2 Å². The molecule has 1 unspecified atom stereocenters. The Labute approximate surface area is 131 Å². The molecule has 22 heavy (non-hydrogen) atoms. The van der Waals surface area contributed by atoms with Crippen molar-refractivity contribution in [3.63, 3.8) is 0 Å². The summed E-state index contributed by atoms with van der Waals surface area (Å²) < 4.78 is 7.07. The van der Waals surface area contributed by atoms with E-state index in [1.54, 1.807) is 10.9 Å². The first-order chi connectivity index (χ1) is 10.4. The van der Waals surface area contributed by atoms with Gasteiger partial charge >= 0.3 is 6.09 Å². The zero-order chi connectivity index (χ0) is 16.0. The number of rotatable bonds is 5. The number of carbonyl (C=O) groups is 1. The number of hydrogen-bond donors (Lipinski definition) is 1. The summed E-state index contributed by atoms with van der Waals surface area (Å²) in [5, 5.41) is 7.11. The van der Waals surface area contributed by atoms with Gasteiger partial charge in [-0.1, -0.05) is 30.3 Å². The Bertz CT molecular complexity index is 574. The minimum absolute atomic E-state index is 0.231. The number of carbonyl (C=O) groups excluding carboxylic acids is 1. The number of aromatic nitrogens is 2. The standard InChI is InChI=1S/C17H23N3O2/c1-17(2,3)22-16(21)19-15(20-13-7-12-18-20)11-10-14-8-5-4-6-9-14/h4-9,12-13,15H,10-11H2,1-3H3,(H,19,21). The molecule has 0 aliphatic rings. The Morgan fingerprint density at radius 3 is 2.59 bits per heavy atom. The first kappa shape index (κ1) is 16.1. The molecule has 0 aliphatic heterocycles. The molecular weight excluding hydrogens is 278 g/mol. The van der Waals surface area contributed by atoms with Gasteiger partial charge in [0.25, 0.3) is 0 Å². The van der Waals surface area contributed by atoms with Crippen LogP contribution in [0, 0.1) is 0 Å². The zero-order valence-corrected chi connectivity index (χ0v) is 13.3. The fourth-order valence-corrected chi connectivity index (χ4v) is 2.13. The van der Waals surface area contributed by atoms with Crippen molar-refractivity contribution in [1.29, 1.82) is 0 Å². The molecule has 0 bridgehead atoms. The van der Waals surface area contributed by atoms with Crippen LogP contribution in [0.1, 0.15) is 38.9 Å². The molecule has 1 amide bonds. The summed E-state index contributed by atoms with van der Waals surface area (Å²) in [6, 6.07) is 12.0. The Balaban J connectivity index is 1.99. The summed E-state index contributed by atoms with van der Waals surface area (Å²) in [7, 11) is 0. The average Bonchev–Trinajstić information content (AvgIpc) is 2.96. The van der Waals surface area contributed by atoms with E-state index in [9.17, 15) is 4.79 Å². The third-order valence-corrected chi connectivity index (χ3v) is 3.08. The van der Waals surface area contributed by atoms with Gasteiger partial charge in [0.15, 0.2) is 0 Å². The molecule has 0 spiro atoms. The molecule has 0 saturated carbocycles. The third-order valence-electron chi connectivity index (χ3n) is 3.08. The van der Waals surface area contributed by atoms with Crippen LogP contribution in [0.2, 0.25) is 0 Å². The van der Waals surface area contributed by atoms with E-state index < -0.39 is 11.7 Å². The summed E-state index contributed by atoms with van der Waals surface area (Å²) in [4.78, 5) is 12.0. The summed E-state index contributed by atoms with van der Waals surface area (Å²) in [5.74, 6) is 0. The molecular formula is C17H23N3O2. The predicted molar refractivity (Wildman–Crippen MR) is 85.4 cm³/mol. The van der Waals surface area contributed by atoms with E-state index in [0.29, 0.717) is 0 Å². The van der Waals surface area contributed by atoms with Gasteiger partial charge in [-0.05, 0) is 45.2 Å². The largest absolute Gasteiger partial charge is 0.444 e. The van der Waals surface area contributed by atoms with Crippen molar-refractivity contribution in [1.82, 2.24) is 15.1 Å². The van der Waals surface area contributed by atoms with Crippen LogP contribution >= 0.6 is 0 Å². The van der Waals surface area contributed by atoms with E-state index >= 15 is 0 Å². The lowest BCUT2D eigenvalue weighted by molar-refractivity contribution is 0.0472. The van der Waals surface area contributed by atoms with Crippen LogP contribution in [0.15, 0.2) is 48.8 Å². The minimum Gasteiger partial charge on any atom is -0.444 e. The SMILES string of the molecule is CC(C)(C)OC(=O)NC(CCc1ccccc1)n1cccn1. The number of nitrogens with one attached hydrogen (secondary N) is 1. The van der Waals surface area contributed by atoms with Crippen molar-refractivity contribution in [2.75, 3.05) is 0 Å². The predicted octanol–water partition coefficient (Wildman–Crippen LogP) is 3.54. The van der Waals surface area contributed by atoms with Gasteiger partial charge in [-0.15, -0.1) is 0 Å². The van der Waals surface area contributed by atoms with Gasteiger partial charge in [0, 0.05) is 12.4 Å². The molecule has 2 rings (SSSR count). The zero-order valence-electron chi connectivity index (χ0n) is 13.3. The number of hydrogen-bond acceptors (Lipinski definition) is 3. The molecule has 118 valence electrons. The van der Waals surface area contributed by atoms with Gasteiger partial charge in [0.1, 0.15) is 11.8 Å². The molecule has 2 aromatic rings. The van der Waals surface area contributed by atoms with Crippen LogP contribution in [-0.4, -0.2) is 21.5 Å². The number of benzene rings is 1. The van der Waals surface area contributed by atoms with E-state index in [4.69, 9.17) is 4.74 Å². The number of alkyl carbamates (subject to hydrolysis) is 1. The number of aryl methyl sites for hydroxylation is 1. The third kappa shape index (κ3) is 5.24. The van der Waals surface area contributed by atoms with E-state index in [1.807, 2.05) is 51.2 Å². The molecule has 1 heterocycles. The highest BCUT2D eigenvalue weighted by Crippen LogP contribution is 2.14. The highest BCUT2D eigenvalue weighted by atomic mass is 16.6. The first-order valence-corrected chi connectivity index (χ1v) is 7.46. The van der Waals surface area contributed by atoms with Crippen LogP contribution in [0.5, 0.6) is 0 Å². The number of ether oxygens (including phenoxy) is 1. The normalized spacial score (nSPS) is 12.7. The van der Waals surface area contributed by atoms with E-state index in [1.165, 1.54) is 5.56 Å². The second-order valence-corrected chi connectivity index (χ2v) is 6.17. The highest BCUT2D eigenvalue weighted by molar-refractivity contribution is 5.67. The summed E-state index contributed by atoms with van der Waals surface area (Å²) in [6.45, 7) is 5.54. The Hall–Kier alpha value is -2.30. The topological polar surface area (TPSA) is 56.1 Å². The molecule has 0 aliphatic carbocycles. The first-order valence-electron chi connectivity index (χ1n) is 7.46. The number of nitrogens with zero attached hydrogens (tertiary/aromatic N) is 2. The van der Waals surface area contributed by atoms with E-state index in [0.717, 1.165) is 12.8 Å². The smallest absolute Gasteiger partial charge is 0.409 e. The number of amides is 1. The Morgan fingerprint density at radius 2 is 2.00 bits per heavy atom. The molecule has 5 nitrogen and oxygen atoms in total. The Kier molecular flexibility index (Phi) is 5.20. The Morgan fingerprint density at radius 1 is 1.27 bits per heavy atom. The van der Waals surface area contributed by atoms with Crippen LogP contribution in [0.25, 0.3) is 0 Å². The van der Waals surface area contributed by atoms with Gasteiger partial charge in [0.05, 0.1) is 0 Å². The van der Waals surface area contributed by atoms with Crippen LogP contribution < -0.4 is 5.32 Å². The molecule has 1 atom stereocenters. The lowest BCUT2D eigenvalue weighted by Crippen LogP contribution is -2.37. The molecule has 0 saturated heterocycles. The summed E-state index contributed by atoms with van der Waals surface area (Å²) in [5.41, 5.74) is 0.712. The van der Waals surface area contributed by atoms with Crippen LogP contribution in [0.3, 0.4) is 0 Å². The van der Waals surface area contributed by atoms with Crippen molar-refractivity contribution < 1.29 is 9.53 Å². The van der Waals surface area contributed by atoms with Crippen molar-refractivity contribution in [2.24, 2.45) is 0 Å². The molecule has 0 fully saturated rings. The van der Waals surface area contributed by atoms with E-state index in [-0.39, 0.29) is 6.17 Å². The monoisotopic (exact) mass is 301 g/mol. The highest BCUT2D eigenvalue weighted by Gasteiger charge is 2.20. The minimum atomic E-state index is -0.516. The maximum absolute atomic E-state index is 12.0. The van der Waals surface area contributed by atoms with Gasteiger partial charge < -0.3 is 4.74 Å². The van der Waals surface area contributed by atoms with Crippen molar-refractivity contribution in [3.8, 4) is 0 Å². The maximum atomic E-state index is 12.0. The molecule has 1 aromatic carbocycles. The van der Waals surface area contributed by atoms with Gasteiger partial charge in [-0.2, -0.15) is 5.10 Å². The lowest BCUT2D eigenvalue weighted by Gasteiger charge is -2.24. The van der Waals surface area contributed by atoms with Crippen LogP contribution in [0.4, 0.5) is 4.79 Å². The quantitative estimate of drug-likeness (QED) is 0.919. The van der Waals surface area contributed by atoms with Crippen molar-refractivity contribution in [3.05, 3.63) is 54.4 Å². The van der Waals surface area contributed by atoms with Crippen molar-refractivity contribution in [2.45, 2.75) is 45.4 Å². The van der Waals surface area contributed by atoms with E-state index in [2.05, 4.69) is 22.5 Å². The lowest BCUT2D eigenvalue weighted by atomic mass is 10.1.